The van der Waals surface area contributed by atoms with E-state index in [0.29, 0.717) is 5.95 Å². The first-order chi connectivity index (χ1) is 9.21. The fraction of sp³-hybridized carbons (Fsp3) is 0.692. The van der Waals surface area contributed by atoms with Gasteiger partial charge in [-0.15, -0.1) is 0 Å². The van der Waals surface area contributed by atoms with Crippen molar-refractivity contribution in [2.24, 2.45) is 0 Å². The molecule has 2 heterocycles. The van der Waals surface area contributed by atoms with Crippen molar-refractivity contribution in [3.05, 3.63) is 11.8 Å². The van der Waals surface area contributed by atoms with Crippen molar-refractivity contribution in [3.63, 3.8) is 0 Å². The fourth-order valence-electron chi connectivity index (χ4n) is 2.18. The molecule has 0 saturated carbocycles. The van der Waals surface area contributed by atoms with E-state index in [1.165, 1.54) is 0 Å². The zero-order valence-corrected chi connectivity index (χ0v) is 11.9. The van der Waals surface area contributed by atoms with E-state index < -0.39 is 0 Å². The van der Waals surface area contributed by atoms with Gasteiger partial charge < -0.3 is 15.4 Å². The molecular formula is C13H23N5O. The Hall–Kier alpha value is -1.40. The number of aromatic nitrogens is 2. The minimum Gasteiger partial charge on any atom is -0.374 e. The highest BCUT2D eigenvalue weighted by atomic mass is 16.5. The number of nitrogens with zero attached hydrogens (tertiary/aromatic N) is 3. The molecule has 1 fully saturated rings. The average Bonchev–Trinajstić information content (AvgIpc) is 2.44. The van der Waals surface area contributed by atoms with E-state index in [9.17, 15) is 0 Å². The van der Waals surface area contributed by atoms with Crippen molar-refractivity contribution in [3.8, 4) is 0 Å². The summed E-state index contributed by atoms with van der Waals surface area (Å²) in [6, 6.07) is 1.95. The van der Waals surface area contributed by atoms with Crippen LogP contribution in [0, 0.1) is 6.92 Å². The Kier molecular flexibility index (Phi) is 4.93. The smallest absolute Gasteiger partial charge is 0.224 e. The maximum absolute atomic E-state index is 5.76. The van der Waals surface area contributed by atoms with E-state index in [-0.39, 0.29) is 6.10 Å². The van der Waals surface area contributed by atoms with Gasteiger partial charge in [0.15, 0.2) is 0 Å². The second kappa shape index (κ2) is 6.68. The molecule has 106 valence electrons. The van der Waals surface area contributed by atoms with Gasteiger partial charge in [-0.2, -0.15) is 4.98 Å². The predicted molar refractivity (Wildman–Crippen MR) is 76.7 cm³/mol. The lowest BCUT2D eigenvalue weighted by molar-refractivity contribution is -0.0192. The van der Waals surface area contributed by atoms with Gasteiger partial charge in [0.25, 0.3) is 0 Å². The van der Waals surface area contributed by atoms with Gasteiger partial charge in [0.1, 0.15) is 5.82 Å². The molecule has 0 aliphatic carbocycles. The molecule has 19 heavy (non-hydrogen) atoms. The van der Waals surface area contributed by atoms with Gasteiger partial charge in [-0.05, 0) is 13.5 Å². The molecule has 0 bridgehead atoms. The Bertz CT molecular complexity index is 412. The van der Waals surface area contributed by atoms with E-state index >= 15 is 0 Å². The Morgan fingerprint density at radius 3 is 3.05 bits per heavy atom. The summed E-state index contributed by atoms with van der Waals surface area (Å²) in [5.41, 5.74) is 0.946. The summed E-state index contributed by atoms with van der Waals surface area (Å²) in [5, 5.41) is 6.29. The first-order valence-corrected chi connectivity index (χ1v) is 6.82. The Labute approximate surface area is 114 Å². The predicted octanol–water partition coefficient (Wildman–Crippen LogP) is 0.959. The van der Waals surface area contributed by atoms with Gasteiger partial charge in [0, 0.05) is 38.4 Å². The summed E-state index contributed by atoms with van der Waals surface area (Å²) in [4.78, 5) is 11.0. The molecular weight excluding hydrogens is 242 g/mol. The molecule has 1 unspecified atom stereocenters. The molecule has 6 heteroatoms. The van der Waals surface area contributed by atoms with Gasteiger partial charge in [0.2, 0.25) is 5.95 Å². The molecule has 1 aromatic heterocycles. The van der Waals surface area contributed by atoms with Crippen LogP contribution in [0.25, 0.3) is 0 Å². The quantitative estimate of drug-likeness (QED) is 0.827. The maximum Gasteiger partial charge on any atom is 0.224 e. The van der Waals surface area contributed by atoms with E-state index in [0.717, 1.165) is 44.3 Å². The van der Waals surface area contributed by atoms with Crippen molar-refractivity contribution in [1.29, 1.82) is 0 Å². The molecule has 0 aromatic carbocycles. The summed E-state index contributed by atoms with van der Waals surface area (Å²) in [6.45, 7) is 8.82. The van der Waals surface area contributed by atoms with Gasteiger partial charge in [-0.3, -0.25) is 4.90 Å². The lowest BCUT2D eigenvalue weighted by atomic mass is 10.2. The van der Waals surface area contributed by atoms with Crippen molar-refractivity contribution in [2.75, 3.05) is 50.5 Å². The standard InChI is InChI=1S/C13H23N5O/c1-4-18-5-6-19-11(9-18)8-15-12-7-10(2)16-13(14-3)17-12/h7,11H,4-6,8-9H2,1-3H3,(H2,14,15,16,17). The summed E-state index contributed by atoms with van der Waals surface area (Å²) < 4.78 is 5.76. The lowest BCUT2D eigenvalue weighted by Crippen LogP contribution is -2.45. The minimum atomic E-state index is 0.224. The van der Waals surface area contributed by atoms with Gasteiger partial charge in [-0.25, -0.2) is 4.98 Å². The molecule has 1 aliphatic heterocycles. The van der Waals surface area contributed by atoms with Crippen LogP contribution >= 0.6 is 0 Å². The fourth-order valence-corrected chi connectivity index (χ4v) is 2.18. The molecule has 1 aromatic rings. The maximum atomic E-state index is 5.76. The van der Waals surface area contributed by atoms with Crippen LogP contribution in [-0.2, 0) is 4.74 Å². The van der Waals surface area contributed by atoms with Crippen LogP contribution in [0.3, 0.4) is 0 Å². The summed E-state index contributed by atoms with van der Waals surface area (Å²) in [5.74, 6) is 1.48. The molecule has 6 nitrogen and oxygen atoms in total. The van der Waals surface area contributed by atoms with Crippen LogP contribution in [0.2, 0.25) is 0 Å². The third kappa shape index (κ3) is 4.04. The van der Waals surface area contributed by atoms with Crippen LogP contribution in [0.5, 0.6) is 0 Å². The summed E-state index contributed by atoms with van der Waals surface area (Å²) >= 11 is 0. The zero-order chi connectivity index (χ0) is 13.7. The highest BCUT2D eigenvalue weighted by Crippen LogP contribution is 2.11. The number of morpholine rings is 1. The lowest BCUT2D eigenvalue weighted by Gasteiger charge is -2.32. The van der Waals surface area contributed by atoms with Crippen molar-refractivity contribution < 1.29 is 4.74 Å². The largest absolute Gasteiger partial charge is 0.374 e. The molecule has 1 atom stereocenters. The van der Waals surface area contributed by atoms with E-state index in [4.69, 9.17) is 4.74 Å². The first kappa shape index (κ1) is 14.0. The molecule has 2 N–H and O–H groups in total. The highest BCUT2D eigenvalue weighted by molar-refractivity contribution is 5.41. The van der Waals surface area contributed by atoms with Gasteiger partial charge >= 0.3 is 0 Å². The molecule has 0 amide bonds. The number of hydrogen-bond acceptors (Lipinski definition) is 6. The number of anilines is 2. The van der Waals surface area contributed by atoms with Gasteiger partial charge in [-0.1, -0.05) is 6.92 Å². The molecule has 0 spiro atoms. The van der Waals surface area contributed by atoms with Crippen molar-refractivity contribution in [2.45, 2.75) is 20.0 Å². The number of rotatable bonds is 5. The number of nitrogens with one attached hydrogen (secondary N) is 2. The normalized spacial score (nSPS) is 20.3. The number of aryl methyl sites for hydroxylation is 1. The summed E-state index contributed by atoms with van der Waals surface area (Å²) in [7, 11) is 1.82. The van der Waals surface area contributed by atoms with Crippen LogP contribution in [0.1, 0.15) is 12.6 Å². The van der Waals surface area contributed by atoms with E-state index in [1.54, 1.807) is 0 Å². The molecule has 0 radical (unpaired) electrons. The van der Waals surface area contributed by atoms with E-state index in [2.05, 4.69) is 32.4 Å². The monoisotopic (exact) mass is 265 g/mol. The summed E-state index contributed by atoms with van der Waals surface area (Å²) in [6.07, 6.45) is 0.224. The number of hydrogen-bond donors (Lipinski definition) is 2. The van der Waals surface area contributed by atoms with Crippen LogP contribution in [0.4, 0.5) is 11.8 Å². The van der Waals surface area contributed by atoms with Crippen LogP contribution in [0.15, 0.2) is 6.07 Å². The Morgan fingerprint density at radius 1 is 1.47 bits per heavy atom. The topological polar surface area (TPSA) is 62.3 Å². The first-order valence-electron chi connectivity index (χ1n) is 6.82. The van der Waals surface area contributed by atoms with Crippen molar-refractivity contribution >= 4 is 11.8 Å². The molecule has 1 saturated heterocycles. The second-order valence-electron chi connectivity index (χ2n) is 4.74. The number of ether oxygens (including phenoxy) is 1. The Balaban J connectivity index is 1.89. The zero-order valence-electron chi connectivity index (χ0n) is 11.9. The SMILES string of the molecule is CCN1CCOC(CNc2cc(C)nc(NC)n2)C1. The van der Waals surface area contributed by atoms with E-state index in [1.807, 2.05) is 20.0 Å². The van der Waals surface area contributed by atoms with Crippen LogP contribution in [-0.4, -0.2) is 60.8 Å². The minimum absolute atomic E-state index is 0.224. The average molecular weight is 265 g/mol. The molecule has 2 rings (SSSR count). The molecule has 1 aliphatic rings. The third-order valence-electron chi connectivity index (χ3n) is 3.26. The van der Waals surface area contributed by atoms with Gasteiger partial charge in [0.05, 0.1) is 12.7 Å². The highest BCUT2D eigenvalue weighted by Gasteiger charge is 2.19. The van der Waals surface area contributed by atoms with Crippen molar-refractivity contribution in [1.82, 2.24) is 14.9 Å². The number of likely N-dealkylation sites (N-methyl/N-ethyl adjacent to an activating group) is 1. The second-order valence-corrected chi connectivity index (χ2v) is 4.74. The third-order valence-corrected chi connectivity index (χ3v) is 3.26. The Morgan fingerprint density at radius 2 is 2.32 bits per heavy atom. The van der Waals surface area contributed by atoms with Crippen LogP contribution < -0.4 is 10.6 Å².